The van der Waals surface area contributed by atoms with Gasteiger partial charge in [0.2, 0.25) is 0 Å². The lowest BCUT2D eigenvalue weighted by Gasteiger charge is -2.60. The molecule has 2 aromatic rings. The SMILES string of the molecule is CCO[C@@H]1C[C@H](NC(=O)c2cnn(-c3ccccc3C)c2)C12CCC2. The van der Waals surface area contributed by atoms with Crippen molar-refractivity contribution in [3.63, 3.8) is 0 Å². The first kappa shape index (κ1) is 16.3. The van der Waals surface area contributed by atoms with Crippen molar-refractivity contribution in [3.05, 3.63) is 47.8 Å². The van der Waals surface area contributed by atoms with E-state index in [1.54, 1.807) is 10.9 Å². The van der Waals surface area contributed by atoms with Crippen LogP contribution in [0, 0.1) is 12.3 Å². The van der Waals surface area contributed by atoms with E-state index in [2.05, 4.69) is 10.4 Å². The van der Waals surface area contributed by atoms with Crippen LogP contribution >= 0.6 is 0 Å². The van der Waals surface area contributed by atoms with Gasteiger partial charge in [0.15, 0.2) is 0 Å². The minimum absolute atomic E-state index is 0.0361. The molecule has 4 rings (SSSR count). The van der Waals surface area contributed by atoms with E-state index in [0.29, 0.717) is 11.7 Å². The Morgan fingerprint density at radius 1 is 1.40 bits per heavy atom. The Labute approximate surface area is 148 Å². The number of carbonyl (C=O) groups excluding carboxylic acids is 1. The average Bonchev–Trinajstić information content (AvgIpc) is 3.02. The van der Waals surface area contributed by atoms with Crippen molar-refractivity contribution in [2.75, 3.05) is 6.61 Å². The van der Waals surface area contributed by atoms with Gasteiger partial charge < -0.3 is 10.1 Å². The van der Waals surface area contributed by atoms with E-state index in [1.807, 2.05) is 44.3 Å². The van der Waals surface area contributed by atoms with E-state index < -0.39 is 0 Å². The molecule has 1 aromatic carbocycles. The summed E-state index contributed by atoms with van der Waals surface area (Å²) in [5.74, 6) is -0.0361. The molecule has 5 nitrogen and oxygen atoms in total. The number of hydrogen-bond donors (Lipinski definition) is 1. The molecule has 1 aromatic heterocycles. The van der Waals surface area contributed by atoms with Crippen LogP contribution in [-0.2, 0) is 4.74 Å². The molecule has 25 heavy (non-hydrogen) atoms. The number of nitrogens with one attached hydrogen (secondary N) is 1. The van der Waals surface area contributed by atoms with Crippen molar-refractivity contribution in [2.45, 2.75) is 51.7 Å². The number of aromatic nitrogens is 2. The van der Waals surface area contributed by atoms with Crippen LogP contribution in [0.3, 0.4) is 0 Å². The van der Waals surface area contributed by atoms with E-state index in [9.17, 15) is 4.79 Å². The van der Waals surface area contributed by atoms with Gasteiger partial charge in [0.25, 0.3) is 5.91 Å². The highest BCUT2D eigenvalue weighted by atomic mass is 16.5. The molecule has 0 unspecified atom stereocenters. The fraction of sp³-hybridized carbons (Fsp3) is 0.500. The Morgan fingerprint density at radius 2 is 2.20 bits per heavy atom. The van der Waals surface area contributed by atoms with Crippen molar-refractivity contribution in [3.8, 4) is 5.69 Å². The van der Waals surface area contributed by atoms with E-state index >= 15 is 0 Å². The highest BCUT2D eigenvalue weighted by Gasteiger charge is 2.59. The lowest BCUT2D eigenvalue weighted by molar-refractivity contribution is -0.169. The van der Waals surface area contributed by atoms with Gasteiger partial charge in [0, 0.05) is 24.3 Å². The molecular formula is C20H25N3O2. The summed E-state index contributed by atoms with van der Waals surface area (Å²) in [6.07, 6.45) is 8.24. The topological polar surface area (TPSA) is 56.1 Å². The number of hydrogen-bond acceptors (Lipinski definition) is 3. The van der Waals surface area contributed by atoms with Gasteiger partial charge in [-0.25, -0.2) is 4.68 Å². The molecule has 1 amide bonds. The van der Waals surface area contributed by atoms with Crippen LogP contribution in [0.25, 0.3) is 5.69 Å². The zero-order chi connectivity index (χ0) is 17.4. The molecule has 0 saturated heterocycles. The second-order valence-electron chi connectivity index (χ2n) is 7.25. The van der Waals surface area contributed by atoms with E-state index in [0.717, 1.165) is 37.1 Å². The molecule has 0 aliphatic heterocycles. The lowest BCUT2D eigenvalue weighted by atomic mass is 9.51. The predicted octanol–water partition coefficient (Wildman–Crippen LogP) is 3.26. The van der Waals surface area contributed by atoms with Crippen LogP contribution in [0.1, 0.15) is 48.5 Å². The van der Waals surface area contributed by atoms with Gasteiger partial charge in [-0.2, -0.15) is 5.10 Å². The Hall–Kier alpha value is -2.14. The number of nitrogens with zero attached hydrogens (tertiary/aromatic N) is 2. The maximum Gasteiger partial charge on any atom is 0.254 e. The second kappa shape index (κ2) is 6.30. The number of para-hydroxylation sites is 1. The highest BCUT2D eigenvalue weighted by molar-refractivity contribution is 5.94. The Bertz CT molecular complexity index is 779. The molecule has 1 heterocycles. The Balaban J connectivity index is 1.45. The first-order chi connectivity index (χ1) is 12.1. The minimum Gasteiger partial charge on any atom is -0.378 e. The van der Waals surface area contributed by atoms with Gasteiger partial charge in [-0.15, -0.1) is 0 Å². The summed E-state index contributed by atoms with van der Waals surface area (Å²) in [4.78, 5) is 12.7. The quantitative estimate of drug-likeness (QED) is 0.910. The molecule has 2 atom stereocenters. The van der Waals surface area contributed by atoms with Gasteiger partial charge in [0.1, 0.15) is 0 Å². The molecule has 1 spiro atoms. The normalized spacial score (nSPS) is 23.8. The van der Waals surface area contributed by atoms with Gasteiger partial charge in [-0.1, -0.05) is 24.6 Å². The lowest BCUT2D eigenvalue weighted by Crippen LogP contribution is -2.67. The molecule has 0 radical (unpaired) electrons. The molecule has 5 heteroatoms. The molecule has 0 bridgehead atoms. The summed E-state index contributed by atoms with van der Waals surface area (Å²) in [6.45, 7) is 4.83. The molecule has 2 saturated carbocycles. The summed E-state index contributed by atoms with van der Waals surface area (Å²) in [7, 11) is 0. The molecule has 132 valence electrons. The van der Waals surface area contributed by atoms with Crippen LogP contribution in [0.15, 0.2) is 36.7 Å². The van der Waals surface area contributed by atoms with Crippen molar-refractivity contribution in [1.82, 2.24) is 15.1 Å². The van der Waals surface area contributed by atoms with Crippen LogP contribution in [-0.4, -0.2) is 34.4 Å². The molecule has 2 aliphatic rings. The number of carbonyl (C=O) groups is 1. The number of benzene rings is 1. The third kappa shape index (κ3) is 2.67. The monoisotopic (exact) mass is 339 g/mol. The van der Waals surface area contributed by atoms with Crippen molar-refractivity contribution >= 4 is 5.91 Å². The van der Waals surface area contributed by atoms with Crippen molar-refractivity contribution in [1.29, 1.82) is 0 Å². The second-order valence-corrected chi connectivity index (χ2v) is 7.25. The van der Waals surface area contributed by atoms with Crippen molar-refractivity contribution < 1.29 is 9.53 Å². The van der Waals surface area contributed by atoms with E-state index in [-0.39, 0.29) is 17.4 Å². The molecule has 1 N–H and O–H groups in total. The van der Waals surface area contributed by atoms with Gasteiger partial charge in [-0.05, 0) is 44.7 Å². The maximum atomic E-state index is 12.7. The minimum atomic E-state index is -0.0361. The third-order valence-electron chi connectivity index (χ3n) is 5.95. The average molecular weight is 339 g/mol. The van der Waals surface area contributed by atoms with Gasteiger partial charge in [0.05, 0.1) is 23.6 Å². The smallest absolute Gasteiger partial charge is 0.254 e. The Morgan fingerprint density at radius 3 is 2.88 bits per heavy atom. The maximum absolute atomic E-state index is 12.7. The summed E-state index contributed by atoms with van der Waals surface area (Å²) >= 11 is 0. The largest absolute Gasteiger partial charge is 0.378 e. The number of ether oxygens (including phenoxy) is 1. The summed E-state index contributed by atoms with van der Waals surface area (Å²) in [6, 6.07) is 8.25. The van der Waals surface area contributed by atoms with Gasteiger partial charge in [-0.3, -0.25) is 4.79 Å². The number of aryl methyl sites for hydroxylation is 1. The number of amides is 1. The fourth-order valence-corrected chi connectivity index (χ4v) is 4.27. The van der Waals surface area contributed by atoms with E-state index in [1.165, 1.54) is 6.42 Å². The first-order valence-electron chi connectivity index (χ1n) is 9.17. The molecule has 2 aliphatic carbocycles. The fourth-order valence-electron chi connectivity index (χ4n) is 4.27. The third-order valence-corrected chi connectivity index (χ3v) is 5.95. The van der Waals surface area contributed by atoms with E-state index in [4.69, 9.17) is 4.74 Å². The van der Waals surface area contributed by atoms with Crippen LogP contribution in [0.5, 0.6) is 0 Å². The van der Waals surface area contributed by atoms with Gasteiger partial charge >= 0.3 is 0 Å². The zero-order valence-corrected chi connectivity index (χ0v) is 14.9. The first-order valence-corrected chi connectivity index (χ1v) is 9.17. The number of rotatable bonds is 5. The van der Waals surface area contributed by atoms with Crippen molar-refractivity contribution in [2.24, 2.45) is 5.41 Å². The van der Waals surface area contributed by atoms with Crippen LogP contribution in [0.4, 0.5) is 0 Å². The molecular weight excluding hydrogens is 314 g/mol. The predicted molar refractivity (Wildman–Crippen MR) is 95.9 cm³/mol. The zero-order valence-electron chi connectivity index (χ0n) is 14.9. The standard InChI is InChI=1S/C20H25N3O2/c1-3-25-18-11-17(20(18)9-6-10-20)22-19(24)15-12-21-23(13-15)16-8-5-4-7-14(16)2/h4-5,7-8,12-13,17-18H,3,6,9-11H2,1-2H3,(H,22,24)/t17-,18+/m0/s1. The van der Waals surface area contributed by atoms with Crippen LogP contribution in [0.2, 0.25) is 0 Å². The summed E-state index contributed by atoms with van der Waals surface area (Å²) in [5.41, 5.74) is 2.91. The van der Waals surface area contributed by atoms with Crippen LogP contribution < -0.4 is 5.32 Å². The summed E-state index contributed by atoms with van der Waals surface area (Å²) < 4.78 is 7.63. The highest BCUT2D eigenvalue weighted by Crippen LogP contribution is 2.57. The Kier molecular flexibility index (Phi) is 4.12. The summed E-state index contributed by atoms with van der Waals surface area (Å²) in [5, 5.41) is 7.59. The molecule has 2 fully saturated rings.